The van der Waals surface area contributed by atoms with Crippen LogP contribution in [0.3, 0.4) is 0 Å². The number of hydrogen-bond acceptors (Lipinski definition) is 0. The van der Waals surface area contributed by atoms with Gasteiger partial charge in [0.15, 0.2) is 0 Å². The van der Waals surface area contributed by atoms with E-state index in [4.69, 9.17) is 0 Å². The molecule has 0 saturated heterocycles. The van der Waals surface area contributed by atoms with E-state index in [9.17, 15) is 0 Å². The third-order valence-corrected chi connectivity index (χ3v) is 1.39. The van der Waals surface area contributed by atoms with Crippen LogP contribution in [0.25, 0.3) is 0 Å². The predicted octanol–water partition coefficient (Wildman–Crippen LogP) is 3.98. The van der Waals surface area contributed by atoms with E-state index in [2.05, 4.69) is 32.1 Å². The number of allylic oxidation sites excluding steroid dienone is 4. The Bertz CT molecular complexity index is 156. The summed E-state index contributed by atoms with van der Waals surface area (Å²) >= 11 is 0. The second-order valence-electron chi connectivity index (χ2n) is 2.91. The SMILES string of the molecule is CC(C)CC1=[C-]CC=C1.Cl.Cl.Cl.[Zr].[Zr]. The first-order valence-electron chi connectivity index (χ1n) is 3.55. The molecule has 1 rings (SSSR count). The van der Waals surface area contributed by atoms with Gasteiger partial charge in [-0.15, -0.1) is 43.6 Å². The molecule has 5 heteroatoms. The minimum atomic E-state index is 0. The zero-order valence-electron chi connectivity index (χ0n) is 8.37. The molecule has 0 radical (unpaired) electrons. The Morgan fingerprint density at radius 1 is 1.21 bits per heavy atom. The van der Waals surface area contributed by atoms with Gasteiger partial charge in [-0.1, -0.05) is 20.3 Å². The van der Waals surface area contributed by atoms with Gasteiger partial charge in [0.25, 0.3) is 0 Å². The van der Waals surface area contributed by atoms with Gasteiger partial charge in [0.1, 0.15) is 0 Å². The summed E-state index contributed by atoms with van der Waals surface area (Å²) in [6.07, 6.45) is 9.86. The number of hydrogen-bond donors (Lipinski definition) is 0. The molecule has 0 spiro atoms. The second kappa shape index (κ2) is 17.5. The van der Waals surface area contributed by atoms with Crippen LogP contribution in [0.2, 0.25) is 0 Å². The number of halogens is 3. The molecular formula is C9H16Cl3Zr2-. The Morgan fingerprint density at radius 3 is 2.00 bits per heavy atom. The fourth-order valence-corrected chi connectivity index (χ4v) is 1.03. The van der Waals surface area contributed by atoms with Crippen molar-refractivity contribution >= 4 is 37.2 Å². The molecular weight excluding hydrogens is 397 g/mol. The molecule has 0 atom stereocenters. The molecule has 0 N–H and O–H groups in total. The largest absolute Gasteiger partial charge is 0.269 e. The van der Waals surface area contributed by atoms with Crippen molar-refractivity contribution in [2.45, 2.75) is 26.7 Å². The molecule has 82 valence electrons. The van der Waals surface area contributed by atoms with Gasteiger partial charge in [0.05, 0.1) is 0 Å². The van der Waals surface area contributed by atoms with Crippen molar-refractivity contribution in [3.63, 3.8) is 0 Å². The van der Waals surface area contributed by atoms with E-state index >= 15 is 0 Å². The van der Waals surface area contributed by atoms with Crippen molar-refractivity contribution in [1.29, 1.82) is 0 Å². The van der Waals surface area contributed by atoms with Crippen molar-refractivity contribution in [2.75, 3.05) is 0 Å². The van der Waals surface area contributed by atoms with E-state index in [-0.39, 0.29) is 89.6 Å². The minimum absolute atomic E-state index is 0. The van der Waals surface area contributed by atoms with Gasteiger partial charge in [-0.2, -0.15) is 6.08 Å². The van der Waals surface area contributed by atoms with Gasteiger partial charge in [0.2, 0.25) is 0 Å². The summed E-state index contributed by atoms with van der Waals surface area (Å²) in [6, 6.07) is 0. The van der Waals surface area contributed by atoms with Gasteiger partial charge >= 0.3 is 0 Å². The minimum Gasteiger partial charge on any atom is -0.269 e. The topological polar surface area (TPSA) is 0 Å². The summed E-state index contributed by atoms with van der Waals surface area (Å²) in [5.74, 6) is 0.773. The van der Waals surface area contributed by atoms with Gasteiger partial charge in [0, 0.05) is 52.4 Å². The average Bonchev–Trinajstić information content (AvgIpc) is 2.15. The van der Waals surface area contributed by atoms with Gasteiger partial charge in [-0.3, -0.25) is 6.08 Å². The first kappa shape index (κ1) is 29.8. The van der Waals surface area contributed by atoms with Crippen molar-refractivity contribution in [2.24, 2.45) is 5.92 Å². The molecule has 1 aliphatic rings. The smallest absolute Gasteiger partial charge is 0 e. The second-order valence-corrected chi connectivity index (χ2v) is 2.91. The van der Waals surface area contributed by atoms with Gasteiger partial charge in [-0.05, 0) is 5.92 Å². The van der Waals surface area contributed by atoms with E-state index in [0.29, 0.717) is 0 Å². The Hall–Kier alpha value is 2.12. The molecule has 0 aromatic carbocycles. The summed E-state index contributed by atoms with van der Waals surface area (Å²) < 4.78 is 0. The summed E-state index contributed by atoms with van der Waals surface area (Å²) in [7, 11) is 0. The predicted molar refractivity (Wildman–Crippen MR) is 61.7 cm³/mol. The fraction of sp³-hybridized carbons (Fsp3) is 0.556. The Balaban J connectivity index is -0.0000000540. The monoisotopic (exact) mass is 409 g/mol. The maximum atomic E-state index is 3.29. The molecule has 0 amide bonds. The van der Waals surface area contributed by atoms with Crippen LogP contribution in [0.15, 0.2) is 17.7 Å². The third kappa shape index (κ3) is 14.1. The molecule has 0 fully saturated rings. The maximum absolute atomic E-state index is 3.29. The molecule has 1 aliphatic carbocycles. The van der Waals surface area contributed by atoms with Crippen LogP contribution in [-0.4, -0.2) is 0 Å². The van der Waals surface area contributed by atoms with Crippen molar-refractivity contribution in [1.82, 2.24) is 0 Å². The van der Waals surface area contributed by atoms with E-state index in [1.807, 2.05) is 0 Å². The summed E-state index contributed by atoms with van der Waals surface area (Å²) in [6.45, 7) is 4.47. The third-order valence-electron chi connectivity index (χ3n) is 1.39. The first-order chi connectivity index (χ1) is 4.29. The molecule has 0 unspecified atom stereocenters. The molecule has 0 aromatic rings. The van der Waals surface area contributed by atoms with E-state index in [0.717, 1.165) is 12.3 Å². The zero-order valence-corrected chi connectivity index (χ0v) is 15.7. The van der Waals surface area contributed by atoms with Crippen LogP contribution in [-0.2, 0) is 52.4 Å². The molecule has 0 aliphatic heterocycles. The summed E-state index contributed by atoms with van der Waals surface area (Å²) in [4.78, 5) is 0. The number of rotatable bonds is 2. The van der Waals surface area contributed by atoms with Crippen molar-refractivity contribution < 1.29 is 52.4 Å². The summed E-state index contributed by atoms with van der Waals surface area (Å²) in [5.41, 5.74) is 1.39. The van der Waals surface area contributed by atoms with E-state index in [1.165, 1.54) is 12.0 Å². The standard InChI is InChI=1S/C9H13.3ClH.2Zr/c1-8(2)7-9-5-3-4-6-9;;;;;/h3,5,8H,4,7H2,1-2H3;3*1H;;/q-1;;;;;. The van der Waals surface area contributed by atoms with Crippen LogP contribution >= 0.6 is 37.2 Å². The van der Waals surface area contributed by atoms with Crippen molar-refractivity contribution in [3.8, 4) is 0 Å². The molecule has 0 heterocycles. The normalized spacial score (nSPS) is 10.9. The summed E-state index contributed by atoms with van der Waals surface area (Å²) in [5, 5.41) is 0. The van der Waals surface area contributed by atoms with Crippen LogP contribution in [0.4, 0.5) is 0 Å². The molecule has 0 aromatic heterocycles. The zero-order chi connectivity index (χ0) is 6.69. The van der Waals surface area contributed by atoms with Gasteiger partial charge < -0.3 is 0 Å². The van der Waals surface area contributed by atoms with Crippen LogP contribution < -0.4 is 0 Å². The Kier molecular flexibility index (Phi) is 37.3. The molecule has 14 heavy (non-hydrogen) atoms. The van der Waals surface area contributed by atoms with Crippen LogP contribution in [0, 0.1) is 12.0 Å². The quantitative estimate of drug-likeness (QED) is 0.602. The first-order valence-corrected chi connectivity index (χ1v) is 3.55. The molecule has 0 bridgehead atoms. The van der Waals surface area contributed by atoms with Crippen LogP contribution in [0.5, 0.6) is 0 Å². The van der Waals surface area contributed by atoms with E-state index < -0.39 is 0 Å². The Labute approximate surface area is 144 Å². The molecule has 0 nitrogen and oxygen atoms in total. The van der Waals surface area contributed by atoms with Crippen LogP contribution in [0.1, 0.15) is 26.7 Å². The molecule has 0 saturated carbocycles. The maximum Gasteiger partial charge on any atom is 0 e. The van der Waals surface area contributed by atoms with Crippen molar-refractivity contribution in [3.05, 3.63) is 23.8 Å². The van der Waals surface area contributed by atoms with Gasteiger partial charge in [-0.25, -0.2) is 11.6 Å². The Morgan fingerprint density at radius 2 is 1.71 bits per heavy atom. The average molecular weight is 413 g/mol. The fourth-order valence-electron chi connectivity index (χ4n) is 1.03. The van der Waals surface area contributed by atoms with E-state index in [1.54, 1.807) is 0 Å².